The van der Waals surface area contributed by atoms with Gasteiger partial charge in [-0.1, -0.05) is 29.3 Å². The molecule has 0 spiro atoms. The van der Waals surface area contributed by atoms with Crippen LogP contribution in [0.4, 0.5) is 5.69 Å². The Morgan fingerprint density at radius 3 is 2.47 bits per heavy atom. The summed E-state index contributed by atoms with van der Waals surface area (Å²) in [6, 6.07) is 5.08. The lowest BCUT2D eigenvalue weighted by molar-refractivity contribution is -0.115. The van der Waals surface area contributed by atoms with Gasteiger partial charge in [0.1, 0.15) is 0 Å². The minimum absolute atomic E-state index is 0.178. The van der Waals surface area contributed by atoms with Crippen LogP contribution in [0.1, 0.15) is 17.0 Å². The van der Waals surface area contributed by atoms with Crippen LogP contribution in [0.15, 0.2) is 18.2 Å². The second-order valence-corrected chi connectivity index (χ2v) is 5.05. The van der Waals surface area contributed by atoms with Crippen molar-refractivity contribution in [3.05, 3.63) is 45.2 Å². The first-order valence-electron chi connectivity index (χ1n) is 5.73. The molecule has 19 heavy (non-hydrogen) atoms. The molecule has 0 aliphatic heterocycles. The average molecular weight is 298 g/mol. The van der Waals surface area contributed by atoms with Crippen molar-refractivity contribution in [3.8, 4) is 0 Å². The summed E-state index contributed by atoms with van der Waals surface area (Å²) in [5.41, 5.74) is 3.03. The van der Waals surface area contributed by atoms with Gasteiger partial charge in [-0.15, -0.1) is 0 Å². The molecule has 0 saturated heterocycles. The summed E-state index contributed by atoms with van der Waals surface area (Å²) >= 11 is 12.0. The van der Waals surface area contributed by atoms with Crippen LogP contribution in [0.5, 0.6) is 0 Å². The van der Waals surface area contributed by atoms with Crippen LogP contribution in [-0.2, 0) is 11.2 Å². The number of aromatic nitrogens is 2. The summed E-state index contributed by atoms with van der Waals surface area (Å²) in [6.07, 6.45) is 0.232. The highest BCUT2D eigenvalue weighted by atomic mass is 35.5. The van der Waals surface area contributed by atoms with Crippen molar-refractivity contribution in [2.75, 3.05) is 5.32 Å². The summed E-state index contributed by atoms with van der Waals surface area (Å²) in [7, 11) is 0. The van der Waals surface area contributed by atoms with E-state index in [-0.39, 0.29) is 12.3 Å². The number of H-pyrrole nitrogens is 1. The van der Waals surface area contributed by atoms with Gasteiger partial charge in [-0.05, 0) is 26.0 Å². The van der Waals surface area contributed by atoms with Gasteiger partial charge in [0.15, 0.2) is 0 Å². The van der Waals surface area contributed by atoms with Crippen molar-refractivity contribution in [2.24, 2.45) is 0 Å². The van der Waals surface area contributed by atoms with E-state index in [4.69, 9.17) is 23.2 Å². The van der Waals surface area contributed by atoms with Crippen molar-refractivity contribution in [3.63, 3.8) is 0 Å². The number of carbonyl (C=O) groups excluding carboxylic acids is 1. The lowest BCUT2D eigenvalue weighted by Crippen LogP contribution is -2.15. The summed E-state index contributed by atoms with van der Waals surface area (Å²) in [5, 5.41) is 10.5. The number of nitrogens with zero attached hydrogens (tertiary/aromatic N) is 1. The van der Waals surface area contributed by atoms with Gasteiger partial charge in [-0.25, -0.2) is 0 Å². The Morgan fingerprint density at radius 2 is 1.95 bits per heavy atom. The molecule has 100 valence electrons. The minimum Gasteiger partial charge on any atom is -0.323 e. The first-order valence-corrected chi connectivity index (χ1v) is 6.49. The SMILES string of the molecule is Cc1n[nH]c(C)c1CC(=O)Nc1c(Cl)cccc1Cl. The molecule has 2 aromatic rings. The van der Waals surface area contributed by atoms with E-state index in [2.05, 4.69) is 15.5 Å². The molecule has 0 aliphatic rings. The van der Waals surface area contributed by atoms with Crippen LogP contribution in [-0.4, -0.2) is 16.1 Å². The molecule has 2 rings (SSSR count). The third-order valence-corrected chi connectivity index (χ3v) is 3.48. The lowest BCUT2D eigenvalue weighted by atomic mass is 10.1. The normalized spacial score (nSPS) is 10.5. The number of hydrogen-bond acceptors (Lipinski definition) is 2. The molecule has 0 atom stereocenters. The molecule has 1 heterocycles. The fraction of sp³-hybridized carbons (Fsp3) is 0.231. The summed E-state index contributed by atoms with van der Waals surface area (Å²) < 4.78 is 0. The smallest absolute Gasteiger partial charge is 0.229 e. The summed E-state index contributed by atoms with van der Waals surface area (Å²) in [4.78, 5) is 12.0. The van der Waals surface area contributed by atoms with E-state index in [0.29, 0.717) is 15.7 Å². The highest BCUT2D eigenvalue weighted by Crippen LogP contribution is 2.29. The van der Waals surface area contributed by atoms with Crippen LogP contribution in [0.3, 0.4) is 0 Å². The molecule has 0 bridgehead atoms. The van der Waals surface area contributed by atoms with Crippen LogP contribution >= 0.6 is 23.2 Å². The number of aromatic amines is 1. The van der Waals surface area contributed by atoms with E-state index in [0.717, 1.165) is 17.0 Å². The predicted molar refractivity (Wildman–Crippen MR) is 76.9 cm³/mol. The topological polar surface area (TPSA) is 57.8 Å². The number of para-hydroxylation sites is 1. The largest absolute Gasteiger partial charge is 0.323 e. The summed E-state index contributed by atoms with van der Waals surface area (Å²) in [5.74, 6) is -0.178. The molecule has 0 aliphatic carbocycles. The number of aryl methyl sites for hydroxylation is 2. The zero-order chi connectivity index (χ0) is 14.0. The van der Waals surface area contributed by atoms with Gasteiger partial charge in [0, 0.05) is 11.3 Å². The third-order valence-electron chi connectivity index (χ3n) is 2.85. The van der Waals surface area contributed by atoms with Gasteiger partial charge in [-0.3, -0.25) is 9.89 Å². The van der Waals surface area contributed by atoms with Crippen LogP contribution in [0.25, 0.3) is 0 Å². The number of nitrogens with one attached hydrogen (secondary N) is 2. The fourth-order valence-electron chi connectivity index (χ4n) is 1.80. The number of carbonyl (C=O) groups is 1. The number of amides is 1. The molecular weight excluding hydrogens is 285 g/mol. The number of rotatable bonds is 3. The molecular formula is C13H13Cl2N3O. The van der Waals surface area contributed by atoms with Crippen molar-refractivity contribution >= 4 is 34.8 Å². The quantitative estimate of drug-likeness (QED) is 0.911. The number of halogens is 2. The van der Waals surface area contributed by atoms with Gasteiger partial charge in [-0.2, -0.15) is 5.10 Å². The van der Waals surface area contributed by atoms with Crippen molar-refractivity contribution in [1.29, 1.82) is 0 Å². The maximum Gasteiger partial charge on any atom is 0.229 e. The Kier molecular flexibility index (Phi) is 4.12. The molecule has 2 N–H and O–H groups in total. The number of hydrogen-bond donors (Lipinski definition) is 2. The van der Waals surface area contributed by atoms with Crippen molar-refractivity contribution in [2.45, 2.75) is 20.3 Å². The molecule has 4 nitrogen and oxygen atoms in total. The monoisotopic (exact) mass is 297 g/mol. The van der Waals surface area contributed by atoms with Gasteiger partial charge >= 0.3 is 0 Å². The number of benzene rings is 1. The van der Waals surface area contributed by atoms with Crippen LogP contribution < -0.4 is 5.32 Å². The second-order valence-electron chi connectivity index (χ2n) is 4.23. The van der Waals surface area contributed by atoms with Gasteiger partial charge in [0.05, 0.1) is 27.8 Å². The molecule has 0 saturated carbocycles. The highest BCUT2D eigenvalue weighted by Gasteiger charge is 2.14. The molecule has 1 aromatic heterocycles. The van der Waals surface area contributed by atoms with Crippen LogP contribution in [0, 0.1) is 13.8 Å². The maximum atomic E-state index is 12.0. The number of anilines is 1. The van der Waals surface area contributed by atoms with Gasteiger partial charge in [0.25, 0.3) is 0 Å². The molecule has 1 amide bonds. The Bertz CT molecular complexity index is 583. The molecule has 0 unspecified atom stereocenters. The van der Waals surface area contributed by atoms with Gasteiger partial charge in [0.2, 0.25) is 5.91 Å². The van der Waals surface area contributed by atoms with E-state index in [1.54, 1.807) is 18.2 Å². The van der Waals surface area contributed by atoms with E-state index in [9.17, 15) is 4.79 Å². The zero-order valence-corrected chi connectivity index (χ0v) is 12.1. The first kappa shape index (κ1) is 13.9. The van der Waals surface area contributed by atoms with E-state index in [1.807, 2.05) is 13.8 Å². The third kappa shape index (κ3) is 3.08. The first-order chi connectivity index (χ1) is 8.99. The van der Waals surface area contributed by atoms with Gasteiger partial charge < -0.3 is 5.32 Å². The molecule has 1 aromatic carbocycles. The van der Waals surface area contributed by atoms with E-state index >= 15 is 0 Å². The molecule has 0 radical (unpaired) electrons. The standard InChI is InChI=1S/C13H13Cl2N3O/c1-7-9(8(2)18-17-7)6-12(19)16-13-10(14)4-3-5-11(13)15/h3-5H,6H2,1-2H3,(H,16,19)(H,17,18). The zero-order valence-electron chi connectivity index (χ0n) is 10.6. The van der Waals surface area contributed by atoms with Crippen molar-refractivity contribution < 1.29 is 4.79 Å². The Morgan fingerprint density at radius 1 is 1.32 bits per heavy atom. The predicted octanol–water partition coefficient (Wildman–Crippen LogP) is 3.51. The van der Waals surface area contributed by atoms with Crippen LogP contribution in [0.2, 0.25) is 10.0 Å². The Hall–Kier alpha value is -1.52. The molecule has 6 heteroatoms. The summed E-state index contributed by atoms with van der Waals surface area (Å²) in [6.45, 7) is 3.74. The minimum atomic E-state index is -0.178. The highest BCUT2D eigenvalue weighted by molar-refractivity contribution is 6.39. The van der Waals surface area contributed by atoms with Crippen molar-refractivity contribution in [1.82, 2.24) is 10.2 Å². The second kappa shape index (κ2) is 5.63. The maximum absolute atomic E-state index is 12.0. The fourth-order valence-corrected chi connectivity index (χ4v) is 2.29. The Labute approximate surface area is 121 Å². The molecule has 0 fully saturated rings. The van der Waals surface area contributed by atoms with E-state index in [1.165, 1.54) is 0 Å². The Balaban J connectivity index is 2.14. The average Bonchev–Trinajstić information content (AvgIpc) is 2.66. The van der Waals surface area contributed by atoms with E-state index < -0.39 is 0 Å². The lowest BCUT2D eigenvalue weighted by Gasteiger charge is -2.09.